The number of amides is 1. The Labute approximate surface area is 144 Å². The number of carbonyl (C=O) groups excluding carboxylic acids is 1. The van der Waals surface area contributed by atoms with Crippen LogP contribution in [0.5, 0.6) is 0 Å². The fourth-order valence-electron chi connectivity index (χ4n) is 3.83. The molecular weight excluding hydrogens is 321 g/mol. The third-order valence-electron chi connectivity index (χ3n) is 4.88. The number of piperidine rings is 1. The number of nitrogens with one attached hydrogen (secondary N) is 1. The molecule has 3 heterocycles. The van der Waals surface area contributed by atoms with Crippen LogP contribution in [-0.4, -0.2) is 41.5 Å². The average molecular weight is 346 g/mol. The van der Waals surface area contributed by atoms with Gasteiger partial charge in [0.05, 0.1) is 0 Å². The van der Waals surface area contributed by atoms with Gasteiger partial charge in [-0.05, 0) is 55.8 Å². The lowest BCUT2D eigenvalue weighted by molar-refractivity contribution is -0.130. The van der Waals surface area contributed by atoms with Crippen LogP contribution in [0.2, 0.25) is 0 Å². The third kappa shape index (κ3) is 4.12. The first kappa shape index (κ1) is 19.2. The van der Waals surface area contributed by atoms with Crippen molar-refractivity contribution in [3.05, 3.63) is 30.1 Å². The average Bonchev–Trinajstić information content (AvgIpc) is 2.79. The van der Waals surface area contributed by atoms with Crippen LogP contribution in [-0.2, 0) is 11.2 Å². The van der Waals surface area contributed by atoms with Crippen molar-refractivity contribution in [3.63, 3.8) is 0 Å². The Morgan fingerprint density at radius 1 is 1.41 bits per heavy atom. The molecule has 2 saturated heterocycles. The number of hydrogen-bond donors (Lipinski definition) is 1. The van der Waals surface area contributed by atoms with Gasteiger partial charge < -0.3 is 10.2 Å². The lowest BCUT2D eigenvalue weighted by Crippen LogP contribution is -2.39. The first-order chi connectivity index (χ1) is 9.69. The van der Waals surface area contributed by atoms with E-state index in [1.54, 1.807) is 13.1 Å². The van der Waals surface area contributed by atoms with Gasteiger partial charge in [0, 0.05) is 31.9 Å². The van der Waals surface area contributed by atoms with Gasteiger partial charge in [-0.25, -0.2) is 0 Å². The van der Waals surface area contributed by atoms with Crippen LogP contribution in [0, 0.1) is 5.41 Å². The summed E-state index contributed by atoms with van der Waals surface area (Å²) in [7, 11) is 0. The Balaban J connectivity index is 0.00000121. The molecule has 0 saturated carbocycles. The van der Waals surface area contributed by atoms with Crippen LogP contribution in [0.25, 0.3) is 0 Å². The molecule has 1 unspecified atom stereocenters. The molecule has 4 nitrogen and oxygen atoms in total. The second-order valence-corrected chi connectivity index (χ2v) is 6.32. The minimum atomic E-state index is 0. The number of aromatic nitrogens is 1. The van der Waals surface area contributed by atoms with Crippen molar-refractivity contribution in [2.45, 2.75) is 38.6 Å². The number of likely N-dealkylation sites (tertiary alicyclic amines) is 1. The van der Waals surface area contributed by atoms with Crippen molar-refractivity contribution in [3.8, 4) is 0 Å². The van der Waals surface area contributed by atoms with Crippen LogP contribution in [0.15, 0.2) is 24.5 Å². The Kier molecular flexibility index (Phi) is 7.10. The van der Waals surface area contributed by atoms with Gasteiger partial charge in [0.25, 0.3) is 0 Å². The monoisotopic (exact) mass is 345 g/mol. The number of hydrogen-bond acceptors (Lipinski definition) is 3. The minimum Gasteiger partial charge on any atom is -0.339 e. The lowest BCUT2D eigenvalue weighted by Gasteiger charge is -2.33. The molecule has 1 spiro atoms. The van der Waals surface area contributed by atoms with Gasteiger partial charge in [-0.1, -0.05) is 6.07 Å². The molecule has 0 aromatic carbocycles. The molecule has 3 rings (SSSR count). The number of rotatable bonds is 2. The Morgan fingerprint density at radius 3 is 2.73 bits per heavy atom. The second kappa shape index (κ2) is 8.14. The summed E-state index contributed by atoms with van der Waals surface area (Å²) in [6.07, 6.45) is 8.19. The molecule has 22 heavy (non-hydrogen) atoms. The largest absolute Gasteiger partial charge is 0.339 e. The SMILES string of the molecule is CC(=O)N1CC2(CCNCC2)CC1Cc1cccnc1.Cl.Cl. The van der Waals surface area contributed by atoms with Crippen molar-refractivity contribution < 1.29 is 4.79 Å². The number of carbonyl (C=O) groups is 1. The maximum absolute atomic E-state index is 12.0. The van der Waals surface area contributed by atoms with E-state index in [2.05, 4.69) is 21.3 Å². The molecule has 1 atom stereocenters. The van der Waals surface area contributed by atoms with Gasteiger partial charge >= 0.3 is 0 Å². The fraction of sp³-hybridized carbons (Fsp3) is 0.625. The lowest BCUT2D eigenvalue weighted by atomic mass is 9.77. The Morgan fingerprint density at radius 2 is 2.14 bits per heavy atom. The van der Waals surface area contributed by atoms with Gasteiger partial charge in [-0.15, -0.1) is 24.8 Å². The number of nitrogens with zero attached hydrogens (tertiary/aromatic N) is 2. The van der Waals surface area contributed by atoms with E-state index < -0.39 is 0 Å². The van der Waals surface area contributed by atoms with Gasteiger partial charge in [-0.2, -0.15) is 0 Å². The standard InChI is InChI=1S/C16H23N3O.2ClH/c1-13(20)19-12-16(4-7-17-8-5-16)10-15(19)9-14-3-2-6-18-11-14;;/h2-3,6,11,15,17H,4-5,7-10,12H2,1H3;2*1H. The summed E-state index contributed by atoms with van der Waals surface area (Å²) in [5, 5.41) is 3.43. The molecule has 0 radical (unpaired) electrons. The van der Waals surface area contributed by atoms with E-state index in [9.17, 15) is 4.79 Å². The summed E-state index contributed by atoms with van der Waals surface area (Å²) in [4.78, 5) is 18.3. The van der Waals surface area contributed by atoms with Gasteiger partial charge in [0.1, 0.15) is 0 Å². The second-order valence-electron chi connectivity index (χ2n) is 6.32. The van der Waals surface area contributed by atoms with Crippen LogP contribution in [0.4, 0.5) is 0 Å². The fourth-order valence-corrected chi connectivity index (χ4v) is 3.83. The highest BCUT2D eigenvalue weighted by atomic mass is 35.5. The summed E-state index contributed by atoms with van der Waals surface area (Å²) in [5.41, 5.74) is 1.58. The molecule has 1 amide bonds. The van der Waals surface area contributed by atoms with E-state index in [1.165, 1.54) is 18.4 Å². The molecule has 2 aliphatic heterocycles. The van der Waals surface area contributed by atoms with E-state index in [0.717, 1.165) is 32.5 Å². The summed E-state index contributed by atoms with van der Waals surface area (Å²) in [6, 6.07) is 4.43. The predicted molar refractivity (Wildman–Crippen MR) is 92.8 cm³/mol. The van der Waals surface area contributed by atoms with Gasteiger partial charge in [-0.3, -0.25) is 9.78 Å². The van der Waals surface area contributed by atoms with E-state index in [1.807, 2.05) is 12.3 Å². The molecule has 0 aliphatic carbocycles. The molecular formula is C16H25Cl2N3O. The van der Waals surface area contributed by atoms with Crippen molar-refractivity contribution in [1.29, 1.82) is 0 Å². The topological polar surface area (TPSA) is 45.2 Å². The van der Waals surface area contributed by atoms with Crippen LogP contribution in [0.1, 0.15) is 31.7 Å². The smallest absolute Gasteiger partial charge is 0.219 e. The summed E-state index contributed by atoms with van der Waals surface area (Å²) < 4.78 is 0. The molecule has 1 aromatic heterocycles. The van der Waals surface area contributed by atoms with Crippen molar-refractivity contribution in [2.24, 2.45) is 5.41 Å². The minimum absolute atomic E-state index is 0. The van der Waals surface area contributed by atoms with Crippen LogP contribution >= 0.6 is 24.8 Å². The normalized spacial score (nSPS) is 22.8. The van der Waals surface area contributed by atoms with Crippen molar-refractivity contribution >= 4 is 30.7 Å². The van der Waals surface area contributed by atoms with Crippen LogP contribution in [0.3, 0.4) is 0 Å². The predicted octanol–water partition coefficient (Wildman–Crippen LogP) is 2.46. The summed E-state index contributed by atoms with van der Waals surface area (Å²) in [6.45, 7) is 4.82. The highest BCUT2D eigenvalue weighted by Crippen LogP contribution is 2.42. The maximum atomic E-state index is 12.0. The molecule has 124 valence electrons. The highest BCUT2D eigenvalue weighted by Gasteiger charge is 2.45. The van der Waals surface area contributed by atoms with Crippen molar-refractivity contribution in [1.82, 2.24) is 15.2 Å². The van der Waals surface area contributed by atoms with E-state index in [0.29, 0.717) is 11.5 Å². The molecule has 6 heteroatoms. The number of pyridine rings is 1. The van der Waals surface area contributed by atoms with E-state index in [-0.39, 0.29) is 30.7 Å². The van der Waals surface area contributed by atoms with E-state index >= 15 is 0 Å². The zero-order chi connectivity index (χ0) is 14.0. The highest BCUT2D eigenvalue weighted by molar-refractivity contribution is 5.85. The maximum Gasteiger partial charge on any atom is 0.219 e. The molecule has 2 fully saturated rings. The Bertz CT molecular complexity index is 478. The van der Waals surface area contributed by atoms with Gasteiger partial charge in [0.15, 0.2) is 0 Å². The Hall–Kier alpha value is -0.840. The first-order valence-corrected chi connectivity index (χ1v) is 7.55. The third-order valence-corrected chi connectivity index (χ3v) is 4.88. The van der Waals surface area contributed by atoms with Crippen molar-refractivity contribution in [2.75, 3.05) is 19.6 Å². The quantitative estimate of drug-likeness (QED) is 0.895. The molecule has 2 aliphatic rings. The molecule has 1 aromatic rings. The van der Waals surface area contributed by atoms with Gasteiger partial charge in [0.2, 0.25) is 5.91 Å². The van der Waals surface area contributed by atoms with Crippen LogP contribution < -0.4 is 5.32 Å². The number of halogens is 2. The zero-order valence-corrected chi connectivity index (χ0v) is 14.6. The summed E-state index contributed by atoms with van der Waals surface area (Å²) >= 11 is 0. The molecule has 1 N–H and O–H groups in total. The first-order valence-electron chi connectivity index (χ1n) is 7.55. The summed E-state index contributed by atoms with van der Waals surface area (Å²) in [5.74, 6) is 0.217. The van der Waals surface area contributed by atoms with E-state index in [4.69, 9.17) is 0 Å². The zero-order valence-electron chi connectivity index (χ0n) is 13.0. The molecule has 0 bridgehead atoms.